The van der Waals surface area contributed by atoms with E-state index in [-0.39, 0.29) is 23.4 Å². The molecule has 1 saturated carbocycles. The first kappa shape index (κ1) is 28.8. The monoisotopic (exact) mass is 611 g/mol. The molecule has 4 rings (SSSR count). The summed E-state index contributed by atoms with van der Waals surface area (Å²) in [5, 5.41) is 3.09. The van der Waals surface area contributed by atoms with Crippen molar-refractivity contribution in [2.45, 2.75) is 63.1 Å². The summed E-state index contributed by atoms with van der Waals surface area (Å²) >= 11 is 3.43. The number of hydrogen-bond donors (Lipinski definition) is 1. The molecule has 39 heavy (non-hydrogen) atoms. The van der Waals surface area contributed by atoms with E-state index >= 15 is 0 Å². The van der Waals surface area contributed by atoms with Gasteiger partial charge in [-0.15, -0.1) is 0 Å². The molecule has 0 unspecified atom stereocenters. The van der Waals surface area contributed by atoms with Crippen LogP contribution < -0.4 is 9.62 Å². The fourth-order valence-electron chi connectivity index (χ4n) is 4.79. The van der Waals surface area contributed by atoms with Crippen LogP contribution in [-0.2, 0) is 26.2 Å². The highest BCUT2D eigenvalue weighted by atomic mass is 79.9. The van der Waals surface area contributed by atoms with Gasteiger partial charge in [-0.3, -0.25) is 13.9 Å². The third-order valence-electron chi connectivity index (χ3n) is 7.03. The number of nitrogens with one attached hydrogen (secondary N) is 1. The Balaban J connectivity index is 1.67. The Labute approximate surface area is 239 Å². The Morgan fingerprint density at radius 3 is 2.28 bits per heavy atom. The predicted molar refractivity (Wildman–Crippen MR) is 157 cm³/mol. The molecule has 206 valence electrons. The van der Waals surface area contributed by atoms with Gasteiger partial charge in [0.05, 0.1) is 10.6 Å². The number of anilines is 1. The van der Waals surface area contributed by atoms with Crippen molar-refractivity contribution in [2.75, 3.05) is 10.8 Å². The van der Waals surface area contributed by atoms with Crippen LogP contribution in [0.3, 0.4) is 0 Å². The third kappa shape index (κ3) is 7.28. The van der Waals surface area contributed by atoms with Gasteiger partial charge in [-0.25, -0.2) is 8.42 Å². The van der Waals surface area contributed by atoms with Crippen LogP contribution in [-0.4, -0.2) is 43.8 Å². The van der Waals surface area contributed by atoms with Crippen LogP contribution in [0.5, 0.6) is 0 Å². The molecule has 1 atom stereocenters. The van der Waals surface area contributed by atoms with Crippen LogP contribution in [0.1, 0.15) is 43.7 Å². The van der Waals surface area contributed by atoms with Gasteiger partial charge in [-0.05, 0) is 74.2 Å². The number of carbonyl (C=O) groups is 2. The highest BCUT2D eigenvalue weighted by Gasteiger charge is 2.33. The number of amides is 2. The molecule has 1 fully saturated rings. The molecule has 7 nitrogen and oxygen atoms in total. The first-order chi connectivity index (χ1) is 18.6. The normalized spacial score (nSPS) is 14.5. The standard InChI is InChI=1S/C30H34BrN3O4S/c1-22-9-8-12-27(19-22)34(39(37,38)28-13-4-3-5-14-28)21-29(35)33(20-24-15-17-25(31)18-16-24)23(2)30(36)32-26-10-6-7-11-26/h3-5,8-9,12-19,23,26H,6-7,10-11,20-21H2,1-2H3,(H,32,36)/t23-/m1/s1. The third-order valence-corrected chi connectivity index (χ3v) is 9.35. The highest BCUT2D eigenvalue weighted by Crippen LogP contribution is 2.26. The fourth-order valence-corrected chi connectivity index (χ4v) is 6.48. The van der Waals surface area contributed by atoms with Gasteiger partial charge in [0.15, 0.2) is 0 Å². The van der Waals surface area contributed by atoms with E-state index in [9.17, 15) is 18.0 Å². The van der Waals surface area contributed by atoms with Crippen LogP contribution in [0.25, 0.3) is 0 Å². The molecule has 1 aliphatic carbocycles. The Kier molecular flexibility index (Phi) is 9.45. The number of benzene rings is 3. The quantitative estimate of drug-likeness (QED) is 0.331. The Bertz CT molecular complexity index is 1390. The van der Waals surface area contributed by atoms with Crippen LogP contribution >= 0.6 is 15.9 Å². The van der Waals surface area contributed by atoms with Gasteiger partial charge in [0.25, 0.3) is 10.0 Å². The second kappa shape index (κ2) is 12.8. The van der Waals surface area contributed by atoms with Crippen molar-refractivity contribution in [1.82, 2.24) is 10.2 Å². The summed E-state index contributed by atoms with van der Waals surface area (Å²) in [6.07, 6.45) is 4.00. The summed E-state index contributed by atoms with van der Waals surface area (Å²) in [6.45, 7) is 3.29. The lowest BCUT2D eigenvalue weighted by Gasteiger charge is -2.32. The first-order valence-corrected chi connectivity index (χ1v) is 15.4. The summed E-state index contributed by atoms with van der Waals surface area (Å²) < 4.78 is 29.6. The molecule has 9 heteroatoms. The Morgan fingerprint density at radius 2 is 1.64 bits per heavy atom. The minimum Gasteiger partial charge on any atom is -0.352 e. The fraction of sp³-hybridized carbons (Fsp3) is 0.333. The minimum atomic E-state index is -4.06. The molecule has 0 radical (unpaired) electrons. The van der Waals surface area contributed by atoms with Gasteiger partial charge in [0, 0.05) is 17.1 Å². The number of halogens is 1. The molecule has 0 heterocycles. The van der Waals surface area contributed by atoms with Crippen molar-refractivity contribution in [3.05, 3.63) is 94.5 Å². The number of carbonyl (C=O) groups excluding carboxylic acids is 2. The van der Waals surface area contributed by atoms with E-state index < -0.39 is 28.5 Å². The molecule has 0 bridgehead atoms. The molecular weight excluding hydrogens is 578 g/mol. The highest BCUT2D eigenvalue weighted by molar-refractivity contribution is 9.10. The SMILES string of the molecule is Cc1cccc(N(CC(=O)N(Cc2ccc(Br)cc2)[C@H](C)C(=O)NC2CCCC2)S(=O)(=O)c2ccccc2)c1. The number of hydrogen-bond acceptors (Lipinski definition) is 4. The first-order valence-electron chi connectivity index (χ1n) is 13.1. The average molecular weight is 613 g/mol. The van der Waals surface area contributed by atoms with E-state index in [0.717, 1.165) is 45.6 Å². The molecule has 3 aromatic rings. The number of nitrogens with zero attached hydrogens (tertiary/aromatic N) is 2. The molecule has 2 amide bonds. The van der Waals surface area contributed by atoms with Crippen LogP contribution in [0.2, 0.25) is 0 Å². The van der Waals surface area contributed by atoms with Crippen LogP contribution in [0.4, 0.5) is 5.69 Å². The summed E-state index contributed by atoms with van der Waals surface area (Å²) in [4.78, 5) is 28.8. The van der Waals surface area contributed by atoms with Gasteiger partial charge in [0.1, 0.15) is 12.6 Å². The molecule has 0 aromatic heterocycles. The van der Waals surface area contributed by atoms with Crippen molar-refractivity contribution >= 4 is 43.5 Å². The van der Waals surface area contributed by atoms with E-state index in [1.165, 1.54) is 17.0 Å². The van der Waals surface area contributed by atoms with Crippen molar-refractivity contribution in [3.63, 3.8) is 0 Å². The predicted octanol–water partition coefficient (Wildman–Crippen LogP) is 5.43. The molecule has 1 N–H and O–H groups in total. The second-order valence-electron chi connectivity index (χ2n) is 9.98. The number of rotatable bonds is 10. The zero-order valence-corrected chi connectivity index (χ0v) is 24.6. The Hall–Kier alpha value is -3.17. The summed E-state index contributed by atoms with van der Waals surface area (Å²) in [5.74, 6) is -0.701. The number of sulfonamides is 1. The maximum absolute atomic E-state index is 14.0. The summed E-state index contributed by atoms with van der Waals surface area (Å²) in [6, 6.07) is 21.9. The average Bonchev–Trinajstić information content (AvgIpc) is 3.44. The zero-order chi connectivity index (χ0) is 28.0. The molecule has 3 aromatic carbocycles. The van der Waals surface area contributed by atoms with Crippen molar-refractivity contribution in [1.29, 1.82) is 0 Å². The Morgan fingerprint density at radius 1 is 0.974 bits per heavy atom. The lowest BCUT2D eigenvalue weighted by molar-refractivity contribution is -0.139. The topological polar surface area (TPSA) is 86.8 Å². The van der Waals surface area contributed by atoms with E-state index in [1.54, 1.807) is 43.3 Å². The van der Waals surface area contributed by atoms with Gasteiger partial charge in [-0.1, -0.05) is 71.2 Å². The van der Waals surface area contributed by atoms with E-state index in [4.69, 9.17) is 0 Å². The van der Waals surface area contributed by atoms with Gasteiger partial charge in [-0.2, -0.15) is 0 Å². The van der Waals surface area contributed by atoms with E-state index in [0.29, 0.717) is 5.69 Å². The maximum atomic E-state index is 14.0. The van der Waals surface area contributed by atoms with Gasteiger partial charge < -0.3 is 10.2 Å². The number of aryl methyl sites for hydroxylation is 1. The van der Waals surface area contributed by atoms with Crippen molar-refractivity contribution < 1.29 is 18.0 Å². The van der Waals surface area contributed by atoms with E-state index in [2.05, 4.69) is 21.2 Å². The minimum absolute atomic E-state index is 0.0887. The van der Waals surface area contributed by atoms with Crippen molar-refractivity contribution in [3.8, 4) is 0 Å². The lowest BCUT2D eigenvalue weighted by atomic mass is 10.1. The largest absolute Gasteiger partial charge is 0.352 e. The smallest absolute Gasteiger partial charge is 0.264 e. The molecule has 0 saturated heterocycles. The van der Waals surface area contributed by atoms with Crippen LogP contribution in [0.15, 0.2) is 88.2 Å². The lowest BCUT2D eigenvalue weighted by Crippen LogP contribution is -2.52. The van der Waals surface area contributed by atoms with Crippen LogP contribution in [0, 0.1) is 6.92 Å². The molecule has 0 aliphatic heterocycles. The summed E-state index contributed by atoms with van der Waals surface area (Å²) in [5.41, 5.74) is 2.09. The zero-order valence-electron chi connectivity index (χ0n) is 22.2. The van der Waals surface area contributed by atoms with Crippen molar-refractivity contribution in [2.24, 2.45) is 0 Å². The summed E-state index contributed by atoms with van der Waals surface area (Å²) in [7, 11) is -4.06. The van der Waals surface area contributed by atoms with E-state index in [1.807, 2.05) is 37.3 Å². The second-order valence-corrected chi connectivity index (χ2v) is 12.8. The van der Waals surface area contributed by atoms with Gasteiger partial charge >= 0.3 is 0 Å². The van der Waals surface area contributed by atoms with Gasteiger partial charge in [0.2, 0.25) is 11.8 Å². The molecule has 0 spiro atoms. The molecular formula is C30H34BrN3O4S. The maximum Gasteiger partial charge on any atom is 0.264 e. The molecule has 1 aliphatic rings.